The molecule has 1 fully saturated rings. The van der Waals surface area contributed by atoms with Crippen molar-refractivity contribution in [3.63, 3.8) is 0 Å². The second kappa shape index (κ2) is 4.07. The molecule has 2 nitrogen and oxygen atoms in total. The lowest BCUT2D eigenvalue weighted by Crippen LogP contribution is -2.36. The molecule has 1 rings (SSSR count). The standard InChI is InChI=1S/C9H20N2/c1-3-4-9-8(7(2)10)5-6-11-9/h7-9,11H,3-6,10H2,1-2H3. The van der Waals surface area contributed by atoms with Crippen LogP contribution >= 0.6 is 0 Å². The summed E-state index contributed by atoms with van der Waals surface area (Å²) in [5.74, 6) is 0.718. The largest absolute Gasteiger partial charge is 0.328 e. The lowest BCUT2D eigenvalue weighted by molar-refractivity contribution is 0.369. The second-order valence-electron chi connectivity index (χ2n) is 3.66. The molecule has 3 N–H and O–H groups in total. The Bertz CT molecular complexity index is 112. The zero-order valence-electron chi connectivity index (χ0n) is 7.64. The Labute approximate surface area is 69.5 Å². The van der Waals surface area contributed by atoms with E-state index in [0.29, 0.717) is 12.1 Å². The van der Waals surface area contributed by atoms with Crippen molar-refractivity contribution < 1.29 is 0 Å². The average molecular weight is 156 g/mol. The third-order valence-corrected chi connectivity index (χ3v) is 2.68. The lowest BCUT2D eigenvalue weighted by atomic mass is 9.91. The number of hydrogen-bond acceptors (Lipinski definition) is 2. The monoisotopic (exact) mass is 156 g/mol. The first-order chi connectivity index (χ1) is 5.25. The van der Waals surface area contributed by atoms with Crippen LogP contribution in [-0.2, 0) is 0 Å². The summed E-state index contributed by atoms with van der Waals surface area (Å²) in [6.07, 6.45) is 3.81. The van der Waals surface area contributed by atoms with Crippen molar-refractivity contribution in [3.8, 4) is 0 Å². The molecule has 0 aromatic rings. The number of rotatable bonds is 3. The maximum Gasteiger partial charge on any atom is 0.0110 e. The minimum Gasteiger partial charge on any atom is -0.328 e. The zero-order valence-corrected chi connectivity index (χ0v) is 7.64. The van der Waals surface area contributed by atoms with Crippen LogP contribution in [0.4, 0.5) is 0 Å². The zero-order chi connectivity index (χ0) is 8.27. The highest BCUT2D eigenvalue weighted by Gasteiger charge is 2.28. The topological polar surface area (TPSA) is 38.0 Å². The summed E-state index contributed by atoms with van der Waals surface area (Å²) in [5.41, 5.74) is 5.88. The first kappa shape index (κ1) is 9.01. The molecule has 11 heavy (non-hydrogen) atoms. The van der Waals surface area contributed by atoms with E-state index in [1.807, 2.05) is 0 Å². The molecule has 0 radical (unpaired) electrons. The molecule has 0 aromatic carbocycles. The van der Waals surface area contributed by atoms with Crippen molar-refractivity contribution >= 4 is 0 Å². The molecule has 3 atom stereocenters. The Hall–Kier alpha value is -0.0800. The van der Waals surface area contributed by atoms with Crippen LogP contribution in [0.15, 0.2) is 0 Å². The summed E-state index contributed by atoms with van der Waals surface area (Å²) in [4.78, 5) is 0. The normalized spacial score (nSPS) is 34.1. The van der Waals surface area contributed by atoms with Crippen molar-refractivity contribution in [1.29, 1.82) is 0 Å². The van der Waals surface area contributed by atoms with Gasteiger partial charge in [0.1, 0.15) is 0 Å². The lowest BCUT2D eigenvalue weighted by Gasteiger charge is -2.21. The number of nitrogens with one attached hydrogen (secondary N) is 1. The molecule has 0 aliphatic carbocycles. The van der Waals surface area contributed by atoms with Gasteiger partial charge in [0.15, 0.2) is 0 Å². The third-order valence-electron chi connectivity index (χ3n) is 2.68. The molecule has 1 aliphatic heterocycles. The molecular formula is C9H20N2. The minimum atomic E-state index is 0.363. The van der Waals surface area contributed by atoms with Gasteiger partial charge in [0, 0.05) is 12.1 Å². The molecule has 66 valence electrons. The maximum absolute atomic E-state index is 5.88. The first-order valence-corrected chi connectivity index (χ1v) is 4.74. The molecule has 1 saturated heterocycles. The Morgan fingerprint density at radius 1 is 1.64 bits per heavy atom. The van der Waals surface area contributed by atoms with E-state index in [1.165, 1.54) is 19.3 Å². The van der Waals surface area contributed by atoms with Crippen LogP contribution in [0.25, 0.3) is 0 Å². The smallest absolute Gasteiger partial charge is 0.0110 e. The van der Waals surface area contributed by atoms with Crippen molar-refractivity contribution in [3.05, 3.63) is 0 Å². The van der Waals surface area contributed by atoms with Gasteiger partial charge in [0.2, 0.25) is 0 Å². The predicted molar refractivity (Wildman–Crippen MR) is 48.5 cm³/mol. The summed E-state index contributed by atoms with van der Waals surface area (Å²) >= 11 is 0. The summed E-state index contributed by atoms with van der Waals surface area (Å²) in [5, 5.41) is 3.51. The van der Waals surface area contributed by atoms with Crippen LogP contribution in [0.3, 0.4) is 0 Å². The third kappa shape index (κ3) is 2.17. The summed E-state index contributed by atoms with van der Waals surface area (Å²) < 4.78 is 0. The van der Waals surface area contributed by atoms with Crippen LogP contribution in [0.2, 0.25) is 0 Å². The van der Waals surface area contributed by atoms with Gasteiger partial charge in [-0.2, -0.15) is 0 Å². The fourth-order valence-electron chi connectivity index (χ4n) is 2.04. The van der Waals surface area contributed by atoms with Crippen molar-refractivity contribution in [1.82, 2.24) is 5.32 Å². The van der Waals surface area contributed by atoms with Gasteiger partial charge >= 0.3 is 0 Å². The molecule has 0 spiro atoms. The number of nitrogens with two attached hydrogens (primary N) is 1. The molecule has 1 heterocycles. The Kier molecular flexibility index (Phi) is 3.34. The Morgan fingerprint density at radius 3 is 2.91 bits per heavy atom. The molecule has 0 bridgehead atoms. The van der Waals surface area contributed by atoms with Crippen LogP contribution in [0, 0.1) is 5.92 Å². The van der Waals surface area contributed by atoms with E-state index in [9.17, 15) is 0 Å². The second-order valence-corrected chi connectivity index (χ2v) is 3.66. The Balaban J connectivity index is 2.37. The van der Waals surface area contributed by atoms with Gasteiger partial charge in [-0.15, -0.1) is 0 Å². The molecule has 0 amide bonds. The predicted octanol–water partition coefficient (Wildman–Crippen LogP) is 1.11. The van der Waals surface area contributed by atoms with E-state index in [4.69, 9.17) is 5.73 Å². The van der Waals surface area contributed by atoms with Gasteiger partial charge in [0.05, 0.1) is 0 Å². The van der Waals surface area contributed by atoms with Gasteiger partial charge in [-0.25, -0.2) is 0 Å². The summed E-state index contributed by atoms with van der Waals surface area (Å²) in [6.45, 7) is 5.52. The SMILES string of the molecule is CCCC1NCCC1C(C)N. The van der Waals surface area contributed by atoms with Gasteiger partial charge in [-0.1, -0.05) is 13.3 Å². The van der Waals surface area contributed by atoms with Crippen molar-refractivity contribution in [2.24, 2.45) is 11.7 Å². The van der Waals surface area contributed by atoms with E-state index in [0.717, 1.165) is 12.5 Å². The van der Waals surface area contributed by atoms with E-state index in [-0.39, 0.29) is 0 Å². The van der Waals surface area contributed by atoms with Gasteiger partial charge in [-0.05, 0) is 32.2 Å². The fourth-order valence-corrected chi connectivity index (χ4v) is 2.04. The van der Waals surface area contributed by atoms with Gasteiger partial charge in [-0.3, -0.25) is 0 Å². The van der Waals surface area contributed by atoms with Gasteiger partial charge < -0.3 is 11.1 Å². The fraction of sp³-hybridized carbons (Fsp3) is 1.00. The minimum absolute atomic E-state index is 0.363. The van der Waals surface area contributed by atoms with E-state index in [1.54, 1.807) is 0 Å². The van der Waals surface area contributed by atoms with Gasteiger partial charge in [0.25, 0.3) is 0 Å². The highest BCUT2D eigenvalue weighted by atomic mass is 15.0. The van der Waals surface area contributed by atoms with Crippen molar-refractivity contribution in [2.45, 2.75) is 45.2 Å². The van der Waals surface area contributed by atoms with E-state index >= 15 is 0 Å². The van der Waals surface area contributed by atoms with E-state index < -0.39 is 0 Å². The van der Waals surface area contributed by atoms with E-state index in [2.05, 4.69) is 19.2 Å². The molecule has 2 heteroatoms. The molecule has 0 saturated carbocycles. The highest BCUT2D eigenvalue weighted by molar-refractivity contribution is 4.87. The summed E-state index contributed by atoms with van der Waals surface area (Å²) in [7, 11) is 0. The number of hydrogen-bond donors (Lipinski definition) is 2. The molecular weight excluding hydrogens is 136 g/mol. The van der Waals surface area contributed by atoms with Crippen LogP contribution in [0.1, 0.15) is 33.1 Å². The average Bonchev–Trinajstić information content (AvgIpc) is 2.36. The first-order valence-electron chi connectivity index (χ1n) is 4.74. The van der Waals surface area contributed by atoms with Crippen molar-refractivity contribution in [2.75, 3.05) is 6.54 Å². The maximum atomic E-state index is 5.88. The van der Waals surface area contributed by atoms with Crippen LogP contribution < -0.4 is 11.1 Å². The summed E-state index contributed by atoms with van der Waals surface area (Å²) in [6, 6.07) is 1.06. The molecule has 0 aromatic heterocycles. The Morgan fingerprint density at radius 2 is 2.36 bits per heavy atom. The highest BCUT2D eigenvalue weighted by Crippen LogP contribution is 2.21. The van der Waals surface area contributed by atoms with Crippen LogP contribution in [0.5, 0.6) is 0 Å². The molecule has 3 unspecified atom stereocenters. The molecule has 1 aliphatic rings. The quantitative estimate of drug-likeness (QED) is 0.642. The van der Waals surface area contributed by atoms with Crippen LogP contribution in [-0.4, -0.2) is 18.6 Å².